The molecule has 1 saturated carbocycles. The maximum absolute atomic E-state index is 12.0. The molecule has 1 atom stereocenters. The van der Waals surface area contributed by atoms with Crippen molar-refractivity contribution in [1.82, 2.24) is 9.97 Å². The van der Waals surface area contributed by atoms with Gasteiger partial charge in [-0.25, -0.2) is 8.78 Å². The van der Waals surface area contributed by atoms with Crippen molar-refractivity contribution < 1.29 is 17.9 Å². The van der Waals surface area contributed by atoms with Gasteiger partial charge in [-0.15, -0.1) is 0 Å². The first kappa shape index (κ1) is 59.8. The van der Waals surface area contributed by atoms with Crippen LogP contribution in [0.5, 0.6) is 0 Å². The summed E-state index contributed by atoms with van der Waals surface area (Å²) in [6.45, 7) is 24.3. The van der Waals surface area contributed by atoms with Crippen molar-refractivity contribution in [3.05, 3.63) is 168 Å². The topological polar surface area (TPSA) is 35.0 Å². The highest BCUT2D eigenvalue weighted by Crippen LogP contribution is 2.43. The molecule has 3 nitrogen and oxygen atoms in total. The lowest BCUT2D eigenvalue weighted by molar-refractivity contribution is -0.110. The summed E-state index contributed by atoms with van der Waals surface area (Å²) < 4.78 is 38.9. The van der Waals surface area contributed by atoms with Gasteiger partial charge in [0.25, 0.3) is 0 Å². The van der Waals surface area contributed by atoms with Crippen LogP contribution < -0.4 is 0 Å². The number of benzene rings is 3. The lowest BCUT2D eigenvalue weighted by Crippen LogP contribution is -2.34. The quantitative estimate of drug-likeness (QED) is 0.164. The van der Waals surface area contributed by atoms with Crippen LogP contribution in [-0.4, -0.2) is 35.8 Å². The molecule has 346 valence electrons. The summed E-state index contributed by atoms with van der Waals surface area (Å²) in [6.07, 6.45) is 13.8. The summed E-state index contributed by atoms with van der Waals surface area (Å²) >= 11 is 0. The molecule has 2 fully saturated rings. The van der Waals surface area contributed by atoms with Crippen LogP contribution in [0.25, 0.3) is 0 Å². The summed E-state index contributed by atoms with van der Waals surface area (Å²) in [5, 5.41) is 0. The van der Waals surface area contributed by atoms with Crippen LogP contribution in [0.15, 0.2) is 140 Å². The van der Waals surface area contributed by atoms with E-state index in [0.29, 0.717) is 31.0 Å². The third-order valence-corrected chi connectivity index (χ3v) is 9.82. The second-order valence-corrected chi connectivity index (χ2v) is 15.3. The molecule has 1 saturated heterocycles. The average Bonchev–Trinajstić information content (AvgIpc) is 3.34. The number of halogens is 3. The average molecular weight is 859 g/mol. The molecule has 0 radical (unpaired) electrons. The fourth-order valence-electron chi connectivity index (χ4n) is 5.79. The molecule has 1 unspecified atom stereocenters. The fourth-order valence-corrected chi connectivity index (χ4v) is 5.79. The molecule has 5 aromatic rings. The molecule has 0 amide bonds. The Labute approximate surface area is 378 Å². The molecule has 0 bridgehead atoms. The molecule has 2 aromatic heterocycles. The third kappa shape index (κ3) is 32.4. The molecule has 1 aliphatic heterocycles. The van der Waals surface area contributed by atoms with Crippen molar-refractivity contribution in [2.24, 2.45) is 5.92 Å². The molecule has 6 heteroatoms. The van der Waals surface area contributed by atoms with Gasteiger partial charge in [0.2, 0.25) is 5.92 Å². The molecule has 2 aliphatic rings. The standard InChI is InChI=1S/C9H12.C8H11N.2C8H10.C7H9N.C7H14O.C6H10F2.C2H6.CH3F/c1-8(2)9-6-4-3-5-7-9;1-7(2)8-5-3-4-6-9-8;2*1-2-8-6-4-3-5-7-8;2*1-2-7-5-3-4-6-8-7;1-2-5-3-6(7,8)4-5;2*1-2/h3-8H,1-2H3;3-7H,1-2H3;2*3-7H,2H2,1H3;3-6H,2H2,1H3;7H,2-6H2,1H3;5H,2-4H2,1H3;1-2H3;1H3. The Morgan fingerprint density at radius 1 is 0.565 bits per heavy atom. The predicted octanol–water partition coefficient (Wildman–Crippen LogP) is 17.2. The lowest BCUT2D eigenvalue weighted by Gasteiger charge is -2.33. The Hall–Kier alpha value is -4.29. The van der Waals surface area contributed by atoms with Crippen molar-refractivity contribution in [2.75, 3.05) is 13.8 Å². The third-order valence-electron chi connectivity index (χ3n) is 9.82. The van der Waals surface area contributed by atoms with Gasteiger partial charge >= 0.3 is 0 Å². The van der Waals surface area contributed by atoms with Crippen LogP contribution in [0.2, 0.25) is 0 Å². The molecular weight excluding hydrogens is 774 g/mol. The molecule has 7 rings (SSSR count). The smallest absolute Gasteiger partial charge is 0.248 e. The highest BCUT2D eigenvalue weighted by Gasteiger charge is 2.43. The number of nitrogens with zero attached hydrogens (tertiary/aromatic N) is 2. The Balaban J connectivity index is 0. The zero-order valence-electron chi connectivity index (χ0n) is 40.8. The van der Waals surface area contributed by atoms with Crippen molar-refractivity contribution in [3.63, 3.8) is 0 Å². The van der Waals surface area contributed by atoms with Gasteiger partial charge in [-0.2, -0.15) is 0 Å². The highest BCUT2D eigenvalue weighted by molar-refractivity contribution is 5.18. The molecular formula is C56H85F3N2O. The van der Waals surface area contributed by atoms with Crippen molar-refractivity contribution in [2.45, 2.75) is 164 Å². The van der Waals surface area contributed by atoms with Crippen molar-refractivity contribution in [3.8, 4) is 0 Å². The summed E-state index contributed by atoms with van der Waals surface area (Å²) in [5.41, 5.74) is 6.56. The van der Waals surface area contributed by atoms with Gasteiger partial charge in [-0.1, -0.05) is 186 Å². The van der Waals surface area contributed by atoms with E-state index >= 15 is 0 Å². The highest BCUT2D eigenvalue weighted by atomic mass is 19.3. The minimum atomic E-state index is -2.30. The number of hydrogen-bond donors (Lipinski definition) is 0. The van der Waals surface area contributed by atoms with Gasteiger partial charge in [-0.3, -0.25) is 14.4 Å². The molecule has 3 aromatic carbocycles. The van der Waals surface area contributed by atoms with Crippen LogP contribution in [0.3, 0.4) is 0 Å². The van der Waals surface area contributed by atoms with E-state index in [2.05, 4.69) is 138 Å². The Morgan fingerprint density at radius 2 is 1.03 bits per heavy atom. The molecule has 0 spiro atoms. The number of rotatable bonds is 7. The van der Waals surface area contributed by atoms with Gasteiger partial charge in [0.15, 0.2) is 0 Å². The number of alkyl halides is 3. The second-order valence-electron chi connectivity index (χ2n) is 15.3. The summed E-state index contributed by atoms with van der Waals surface area (Å²) in [5.74, 6) is -0.789. The minimum absolute atomic E-state index is 0.128. The van der Waals surface area contributed by atoms with Crippen molar-refractivity contribution in [1.29, 1.82) is 0 Å². The summed E-state index contributed by atoms with van der Waals surface area (Å²) in [4.78, 5) is 8.28. The Kier molecular flexibility index (Phi) is 39.3. The largest absolute Gasteiger partial charge is 0.378 e. The molecule has 62 heavy (non-hydrogen) atoms. The zero-order valence-corrected chi connectivity index (χ0v) is 40.8. The first-order valence-electron chi connectivity index (χ1n) is 23.3. The normalized spacial score (nSPS) is 14.1. The number of ether oxygens (including phenoxy) is 1. The van der Waals surface area contributed by atoms with E-state index in [1.807, 2.05) is 87.8 Å². The number of aromatic nitrogens is 2. The maximum Gasteiger partial charge on any atom is 0.248 e. The Bertz CT molecular complexity index is 1460. The first-order chi connectivity index (χ1) is 30.0. The summed E-state index contributed by atoms with van der Waals surface area (Å²) in [6, 6.07) is 43.4. The van der Waals surface area contributed by atoms with Crippen LogP contribution in [0.4, 0.5) is 13.2 Å². The van der Waals surface area contributed by atoms with E-state index in [1.54, 1.807) is 0 Å². The van der Waals surface area contributed by atoms with Gasteiger partial charge in [-0.05, 0) is 104 Å². The molecule has 1 aliphatic carbocycles. The predicted molar refractivity (Wildman–Crippen MR) is 264 cm³/mol. The van der Waals surface area contributed by atoms with E-state index in [-0.39, 0.29) is 12.8 Å². The number of hydrogen-bond acceptors (Lipinski definition) is 3. The van der Waals surface area contributed by atoms with Gasteiger partial charge in [0.05, 0.1) is 13.3 Å². The minimum Gasteiger partial charge on any atom is -0.378 e. The van der Waals surface area contributed by atoms with Crippen LogP contribution in [0.1, 0.15) is 161 Å². The van der Waals surface area contributed by atoms with Crippen LogP contribution in [0, 0.1) is 5.92 Å². The van der Waals surface area contributed by atoms with E-state index in [9.17, 15) is 13.2 Å². The SMILES string of the molecule is CC.CC(C)c1ccccc1.CC(C)c1ccccn1.CCC1CC(F)(F)C1.CCC1CCCCO1.CCc1ccccc1.CCc1ccccc1.CCc1ccccn1.CF. The maximum atomic E-state index is 12.0. The number of aryl methyl sites for hydroxylation is 3. The first-order valence-corrected chi connectivity index (χ1v) is 23.3. The van der Waals surface area contributed by atoms with Crippen molar-refractivity contribution >= 4 is 0 Å². The Morgan fingerprint density at radius 3 is 1.26 bits per heavy atom. The number of pyridine rings is 2. The molecule has 0 N–H and O–H groups in total. The fraction of sp³-hybridized carbons (Fsp3) is 0.500. The van der Waals surface area contributed by atoms with E-state index < -0.39 is 5.92 Å². The van der Waals surface area contributed by atoms with Crippen LogP contribution in [-0.2, 0) is 24.0 Å². The second kappa shape index (κ2) is 40.8. The van der Waals surface area contributed by atoms with Gasteiger partial charge in [0.1, 0.15) is 0 Å². The van der Waals surface area contributed by atoms with Crippen LogP contribution >= 0.6 is 0 Å². The van der Waals surface area contributed by atoms with Gasteiger partial charge in [0, 0.05) is 43.2 Å². The van der Waals surface area contributed by atoms with E-state index in [4.69, 9.17) is 4.74 Å². The molecule has 3 heterocycles. The lowest BCUT2D eigenvalue weighted by atomic mass is 9.80. The van der Waals surface area contributed by atoms with E-state index in [0.717, 1.165) is 43.7 Å². The zero-order chi connectivity index (χ0) is 46.9. The summed E-state index contributed by atoms with van der Waals surface area (Å²) in [7, 11) is 0.500. The van der Waals surface area contributed by atoms with E-state index in [1.165, 1.54) is 42.4 Å². The monoisotopic (exact) mass is 859 g/mol. The van der Waals surface area contributed by atoms with Gasteiger partial charge < -0.3 is 4.74 Å².